The minimum Gasteiger partial charge on any atom is -0.288 e. The fraction of sp³-hybridized carbons (Fsp3) is 0.529. The first kappa shape index (κ1) is 14.7. The number of hydrogen-bond acceptors (Lipinski definition) is 2. The average molecular weight is 275 g/mol. The van der Waals surface area contributed by atoms with E-state index in [1.807, 2.05) is 11.8 Å². The normalized spacial score (nSPS) is 16.7. The van der Waals surface area contributed by atoms with Gasteiger partial charge in [0.05, 0.1) is 0 Å². The number of hydrogen-bond donors (Lipinski definition) is 0. The number of rotatable bonds is 7. The van der Waals surface area contributed by atoms with Crippen molar-refractivity contribution >= 4 is 11.8 Å². The molecule has 0 heterocycles. The molecule has 1 aromatic rings. The van der Waals surface area contributed by atoms with E-state index >= 15 is 0 Å². The molecular formula is C17H25NS. The molecule has 0 spiro atoms. The average Bonchev–Trinajstić information content (AvgIpc) is 2.48. The highest BCUT2D eigenvalue weighted by molar-refractivity contribution is 7.98. The van der Waals surface area contributed by atoms with Crippen molar-refractivity contribution in [1.29, 1.82) is 0 Å². The molecule has 0 amide bonds. The summed E-state index contributed by atoms with van der Waals surface area (Å²) in [4.78, 5) is 2.61. The van der Waals surface area contributed by atoms with E-state index < -0.39 is 0 Å². The minimum absolute atomic E-state index is 0.787. The van der Waals surface area contributed by atoms with Crippen LogP contribution in [0.25, 0.3) is 0 Å². The smallest absolute Gasteiger partial charge is 0.0453 e. The third-order valence-corrected chi connectivity index (χ3v) is 4.88. The Morgan fingerprint density at radius 1 is 1.16 bits per heavy atom. The van der Waals surface area contributed by atoms with Crippen LogP contribution in [0.4, 0.5) is 0 Å². The summed E-state index contributed by atoms with van der Waals surface area (Å²) in [6, 6.07) is 11.5. The van der Waals surface area contributed by atoms with Crippen LogP contribution in [0.15, 0.2) is 43.0 Å². The molecule has 2 heteroatoms. The molecule has 1 aliphatic carbocycles. The fourth-order valence-corrected chi connectivity index (χ4v) is 3.84. The molecule has 19 heavy (non-hydrogen) atoms. The lowest BCUT2D eigenvalue weighted by atomic mass is 9.94. The van der Waals surface area contributed by atoms with Crippen LogP contribution < -0.4 is 0 Å². The van der Waals surface area contributed by atoms with Gasteiger partial charge in [-0.15, -0.1) is 18.3 Å². The van der Waals surface area contributed by atoms with Crippen LogP contribution in [0, 0.1) is 0 Å². The Bertz CT molecular complexity index is 357. The first-order valence-electron chi connectivity index (χ1n) is 7.37. The third kappa shape index (κ3) is 5.04. The van der Waals surface area contributed by atoms with Gasteiger partial charge < -0.3 is 0 Å². The van der Waals surface area contributed by atoms with Gasteiger partial charge in [0, 0.05) is 24.2 Å². The Morgan fingerprint density at radius 3 is 2.58 bits per heavy atom. The number of thioether (sulfide) groups is 1. The molecule has 1 nitrogen and oxygen atoms in total. The Morgan fingerprint density at radius 2 is 1.89 bits per heavy atom. The summed E-state index contributed by atoms with van der Waals surface area (Å²) in [5.41, 5.74) is 1.43. The van der Waals surface area contributed by atoms with E-state index in [9.17, 15) is 0 Å². The molecule has 1 fully saturated rings. The number of nitrogens with zero attached hydrogens (tertiary/aromatic N) is 1. The highest BCUT2D eigenvalue weighted by atomic mass is 32.2. The maximum Gasteiger partial charge on any atom is 0.0453 e. The van der Waals surface area contributed by atoms with E-state index in [-0.39, 0.29) is 0 Å². The zero-order valence-electron chi connectivity index (χ0n) is 11.8. The van der Waals surface area contributed by atoms with Gasteiger partial charge in [-0.2, -0.15) is 0 Å². The molecule has 0 N–H and O–H groups in total. The van der Waals surface area contributed by atoms with E-state index in [2.05, 4.69) is 47.9 Å². The summed E-state index contributed by atoms with van der Waals surface area (Å²) >= 11 is 2.03. The summed E-state index contributed by atoms with van der Waals surface area (Å²) in [5, 5.41) is 0. The first-order valence-corrected chi connectivity index (χ1v) is 8.52. The lowest BCUT2D eigenvalue weighted by molar-refractivity contribution is 0.201. The maximum atomic E-state index is 3.91. The molecule has 1 aromatic carbocycles. The highest BCUT2D eigenvalue weighted by Crippen LogP contribution is 2.24. The van der Waals surface area contributed by atoms with Crippen LogP contribution in [-0.4, -0.2) is 23.4 Å². The lowest BCUT2D eigenvalue weighted by Crippen LogP contribution is -2.36. The molecule has 0 aromatic heterocycles. The van der Waals surface area contributed by atoms with Crippen LogP contribution >= 0.6 is 11.8 Å². The maximum absolute atomic E-state index is 3.91. The van der Waals surface area contributed by atoms with Gasteiger partial charge in [0.15, 0.2) is 0 Å². The summed E-state index contributed by atoms with van der Waals surface area (Å²) in [7, 11) is 0. The molecule has 1 aliphatic rings. The van der Waals surface area contributed by atoms with Crippen LogP contribution in [0.5, 0.6) is 0 Å². The van der Waals surface area contributed by atoms with Gasteiger partial charge in [-0.25, -0.2) is 0 Å². The summed E-state index contributed by atoms with van der Waals surface area (Å²) in [6.45, 7) is 4.94. The van der Waals surface area contributed by atoms with Gasteiger partial charge in [0.1, 0.15) is 0 Å². The first-order chi connectivity index (χ1) is 9.40. The van der Waals surface area contributed by atoms with Gasteiger partial charge in [0.2, 0.25) is 0 Å². The van der Waals surface area contributed by atoms with Crippen LogP contribution in [0.3, 0.4) is 0 Å². The number of benzene rings is 1. The standard InChI is InChI=1S/C17H25NS/c1-2-13-18(17-11-7-4-8-12-17)15-19-14-16-9-5-3-6-10-16/h2-3,5-6,9-10,17H,1,4,7-8,11-15H2. The zero-order chi connectivity index (χ0) is 13.3. The lowest BCUT2D eigenvalue weighted by Gasteiger charge is -2.33. The van der Waals surface area contributed by atoms with Gasteiger partial charge in [-0.1, -0.05) is 55.7 Å². The molecule has 0 bridgehead atoms. The van der Waals surface area contributed by atoms with E-state index in [1.54, 1.807) is 0 Å². The summed E-state index contributed by atoms with van der Waals surface area (Å²) in [6.07, 6.45) is 9.04. The van der Waals surface area contributed by atoms with Gasteiger partial charge in [-0.05, 0) is 18.4 Å². The minimum atomic E-state index is 0.787. The Labute approximate surface area is 122 Å². The molecule has 0 atom stereocenters. The quantitative estimate of drug-likeness (QED) is 0.524. The van der Waals surface area contributed by atoms with Crippen molar-refractivity contribution in [3.8, 4) is 0 Å². The third-order valence-electron chi connectivity index (χ3n) is 3.82. The second kappa shape index (κ2) is 8.44. The van der Waals surface area contributed by atoms with E-state index in [4.69, 9.17) is 0 Å². The van der Waals surface area contributed by atoms with Crippen molar-refractivity contribution in [2.45, 2.75) is 43.9 Å². The van der Waals surface area contributed by atoms with Gasteiger partial charge in [-0.3, -0.25) is 4.90 Å². The van der Waals surface area contributed by atoms with Crippen molar-refractivity contribution in [2.75, 3.05) is 12.4 Å². The van der Waals surface area contributed by atoms with Crippen molar-refractivity contribution in [2.24, 2.45) is 0 Å². The molecule has 0 unspecified atom stereocenters. The van der Waals surface area contributed by atoms with Gasteiger partial charge >= 0.3 is 0 Å². The SMILES string of the molecule is C=CCN(CSCc1ccccc1)C1CCCCC1. The van der Waals surface area contributed by atoms with Crippen molar-refractivity contribution < 1.29 is 0 Å². The summed E-state index contributed by atoms with van der Waals surface area (Å²) < 4.78 is 0. The van der Waals surface area contributed by atoms with Crippen molar-refractivity contribution in [3.63, 3.8) is 0 Å². The van der Waals surface area contributed by atoms with Crippen molar-refractivity contribution in [3.05, 3.63) is 48.6 Å². The Hall–Kier alpha value is -0.730. The fourth-order valence-electron chi connectivity index (χ4n) is 2.77. The molecule has 0 radical (unpaired) electrons. The highest BCUT2D eigenvalue weighted by Gasteiger charge is 2.19. The Balaban J connectivity index is 1.78. The molecule has 2 rings (SSSR count). The predicted molar refractivity (Wildman–Crippen MR) is 86.4 cm³/mol. The molecule has 0 aliphatic heterocycles. The van der Waals surface area contributed by atoms with E-state index in [0.29, 0.717) is 0 Å². The summed E-state index contributed by atoms with van der Waals surface area (Å²) in [5.74, 6) is 2.24. The van der Waals surface area contributed by atoms with Crippen LogP contribution in [-0.2, 0) is 5.75 Å². The van der Waals surface area contributed by atoms with E-state index in [0.717, 1.165) is 24.2 Å². The van der Waals surface area contributed by atoms with Crippen LogP contribution in [0.2, 0.25) is 0 Å². The van der Waals surface area contributed by atoms with Crippen molar-refractivity contribution in [1.82, 2.24) is 4.90 Å². The monoisotopic (exact) mass is 275 g/mol. The zero-order valence-corrected chi connectivity index (χ0v) is 12.6. The largest absolute Gasteiger partial charge is 0.288 e. The van der Waals surface area contributed by atoms with E-state index in [1.165, 1.54) is 37.7 Å². The predicted octanol–water partition coefficient (Wildman–Crippen LogP) is 4.70. The molecule has 1 saturated carbocycles. The second-order valence-electron chi connectivity index (χ2n) is 5.31. The van der Waals surface area contributed by atoms with Gasteiger partial charge in [0.25, 0.3) is 0 Å². The molecule has 104 valence electrons. The second-order valence-corrected chi connectivity index (χ2v) is 6.27. The topological polar surface area (TPSA) is 3.24 Å². The molecular weight excluding hydrogens is 250 g/mol. The van der Waals surface area contributed by atoms with Crippen LogP contribution in [0.1, 0.15) is 37.7 Å². The Kier molecular flexibility index (Phi) is 6.52. The molecule has 0 saturated heterocycles.